The van der Waals surface area contributed by atoms with Gasteiger partial charge in [0.25, 0.3) is 0 Å². The number of fused-ring (bicyclic) bond motifs is 1. The van der Waals surface area contributed by atoms with Gasteiger partial charge in [0.1, 0.15) is 23.5 Å². The summed E-state index contributed by atoms with van der Waals surface area (Å²) < 4.78 is 19.4. The van der Waals surface area contributed by atoms with Crippen molar-refractivity contribution in [1.29, 1.82) is 0 Å². The number of nitrogens with one attached hydrogen (secondary N) is 2. The smallest absolute Gasteiger partial charge is 0.225 e. The quantitative estimate of drug-likeness (QED) is 0.223. The molecule has 0 amide bonds. The van der Waals surface area contributed by atoms with Crippen molar-refractivity contribution < 1.29 is 14.1 Å². The van der Waals surface area contributed by atoms with Crippen LogP contribution in [-0.2, 0) is 11.2 Å². The minimum absolute atomic E-state index is 0.437. The number of aryl methyl sites for hydroxylation is 1. The first kappa shape index (κ1) is 28.7. The van der Waals surface area contributed by atoms with Crippen LogP contribution in [-0.4, -0.2) is 89.9 Å². The first-order valence-electron chi connectivity index (χ1n) is 13.5. The molecule has 5 rings (SSSR count). The number of carbonyl (C=O) groups is 1. The van der Waals surface area contributed by atoms with E-state index >= 15 is 0 Å². The summed E-state index contributed by atoms with van der Waals surface area (Å²) in [6.45, 7) is 14.1. The van der Waals surface area contributed by atoms with Gasteiger partial charge in [0.15, 0.2) is 22.7 Å². The number of ether oxygens (including phenoxy) is 1. The lowest BCUT2D eigenvalue weighted by Crippen LogP contribution is -2.48. The minimum atomic E-state index is -1.35. The van der Waals surface area contributed by atoms with E-state index in [1.165, 1.54) is 6.33 Å². The fourth-order valence-corrected chi connectivity index (χ4v) is 5.67. The maximum absolute atomic E-state index is 13.6. The van der Waals surface area contributed by atoms with Gasteiger partial charge in [-0.2, -0.15) is 5.10 Å². The van der Waals surface area contributed by atoms with Gasteiger partial charge in [-0.25, -0.2) is 19.9 Å². The van der Waals surface area contributed by atoms with Crippen LogP contribution in [0.2, 0.25) is 0 Å². The fraction of sp³-hybridized carbons (Fsp3) is 0.429. The summed E-state index contributed by atoms with van der Waals surface area (Å²) in [4.78, 5) is 33.4. The standard InChI is InChI=1S/C28H35N9O3S/c1-18-19(2)34-35-25(18)33-26-21-12-24(41(39)28(3,4)5)23(13-22(21)31-17-32-26)40-11-10-36-6-8-37(9-7-36)27-29-14-20(16-38)15-30-27/h12-17H,6-11H2,1-5H3,(H2,31,32,33,34,35). The van der Waals surface area contributed by atoms with E-state index in [0.717, 1.165) is 49.1 Å². The van der Waals surface area contributed by atoms with E-state index in [1.54, 1.807) is 12.4 Å². The Morgan fingerprint density at radius 2 is 1.80 bits per heavy atom. The largest absolute Gasteiger partial charge is 0.611 e. The van der Waals surface area contributed by atoms with E-state index in [4.69, 9.17) is 4.74 Å². The third-order valence-corrected chi connectivity index (χ3v) is 8.89. The van der Waals surface area contributed by atoms with Gasteiger partial charge in [0, 0.05) is 73.9 Å². The van der Waals surface area contributed by atoms with Crippen molar-refractivity contribution >= 4 is 45.9 Å². The molecule has 1 saturated heterocycles. The monoisotopic (exact) mass is 577 g/mol. The van der Waals surface area contributed by atoms with Crippen LogP contribution in [0.1, 0.15) is 42.4 Å². The lowest BCUT2D eigenvalue weighted by atomic mass is 10.2. The first-order valence-corrected chi connectivity index (χ1v) is 14.7. The number of hydrogen-bond acceptors (Lipinski definition) is 11. The number of carbonyl (C=O) groups excluding carboxylic acids is 1. The maximum atomic E-state index is 13.6. The summed E-state index contributed by atoms with van der Waals surface area (Å²) in [7, 11) is 0. The van der Waals surface area contributed by atoms with E-state index in [1.807, 2.05) is 46.8 Å². The third-order valence-electron chi connectivity index (χ3n) is 7.06. The van der Waals surface area contributed by atoms with Crippen LogP contribution in [0.15, 0.2) is 35.7 Å². The van der Waals surface area contributed by atoms with E-state index in [-0.39, 0.29) is 0 Å². The number of hydrogen-bond donors (Lipinski definition) is 2. The van der Waals surface area contributed by atoms with Gasteiger partial charge in [-0.1, -0.05) is 0 Å². The van der Waals surface area contributed by atoms with Gasteiger partial charge in [0.05, 0.1) is 11.1 Å². The number of aromatic amines is 1. The highest BCUT2D eigenvalue weighted by atomic mass is 32.2. The summed E-state index contributed by atoms with van der Waals surface area (Å²) in [6, 6.07) is 3.72. The van der Waals surface area contributed by atoms with Crippen LogP contribution in [0.5, 0.6) is 5.75 Å². The number of benzene rings is 1. The molecular formula is C28H35N9O3S. The Kier molecular flexibility index (Phi) is 8.38. The topological polar surface area (TPSA) is 148 Å². The van der Waals surface area contributed by atoms with E-state index in [0.29, 0.717) is 52.5 Å². The predicted molar refractivity (Wildman–Crippen MR) is 159 cm³/mol. The van der Waals surface area contributed by atoms with E-state index in [2.05, 4.69) is 45.2 Å². The van der Waals surface area contributed by atoms with Gasteiger partial charge in [-0.3, -0.25) is 14.8 Å². The van der Waals surface area contributed by atoms with Crippen molar-refractivity contribution in [3.05, 3.63) is 47.7 Å². The van der Waals surface area contributed by atoms with Gasteiger partial charge >= 0.3 is 0 Å². The van der Waals surface area contributed by atoms with Gasteiger partial charge < -0.3 is 19.5 Å². The molecule has 2 N–H and O–H groups in total. The first-order chi connectivity index (χ1) is 19.6. The molecule has 13 heteroatoms. The minimum Gasteiger partial charge on any atom is -0.611 e. The number of aldehydes is 1. The molecule has 1 aliphatic rings. The van der Waals surface area contributed by atoms with Gasteiger partial charge in [-0.05, 0) is 45.8 Å². The molecule has 216 valence electrons. The lowest BCUT2D eigenvalue weighted by Gasteiger charge is -2.34. The summed E-state index contributed by atoms with van der Waals surface area (Å²) in [5.74, 6) is 2.46. The average Bonchev–Trinajstić information content (AvgIpc) is 3.28. The molecule has 0 spiro atoms. The number of aromatic nitrogens is 6. The Hall–Kier alpha value is -3.81. The predicted octanol–water partition coefficient (Wildman–Crippen LogP) is 3.42. The Balaban J connectivity index is 1.30. The Morgan fingerprint density at radius 1 is 1.07 bits per heavy atom. The van der Waals surface area contributed by atoms with Gasteiger partial charge in [0.2, 0.25) is 5.95 Å². The van der Waals surface area contributed by atoms with Crippen molar-refractivity contribution in [3.63, 3.8) is 0 Å². The van der Waals surface area contributed by atoms with Crippen molar-refractivity contribution in [3.8, 4) is 5.75 Å². The van der Waals surface area contributed by atoms with Crippen LogP contribution >= 0.6 is 0 Å². The molecule has 41 heavy (non-hydrogen) atoms. The molecule has 1 atom stereocenters. The SMILES string of the molecule is Cc1[nH]nc(Nc2ncnc3cc(OCCN4CCN(c5ncc(C=O)cn5)CC4)c([S+]([O-])C(C)(C)C)cc23)c1C. The number of anilines is 3. The third kappa shape index (κ3) is 6.42. The molecule has 4 heterocycles. The van der Waals surface area contributed by atoms with Crippen LogP contribution in [0.25, 0.3) is 10.9 Å². The molecule has 0 aliphatic carbocycles. The molecule has 1 aromatic carbocycles. The highest BCUT2D eigenvalue weighted by Crippen LogP contribution is 2.37. The highest BCUT2D eigenvalue weighted by molar-refractivity contribution is 7.92. The van der Waals surface area contributed by atoms with Gasteiger partial charge in [-0.15, -0.1) is 0 Å². The summed E-state index contributed by atoms with van der Waals surface area (Å²) in [5, 5.41) is 11.4. The Morgan fingerprint density at radius 3 is 2.44 bits per heavy atom. The molecule has 12 nitrogen and oxygen atoms in total. The van der Waals surface area contributed by atoms with Crippen molar-refractivity contribution in [1.82, 2.24) is 35.0 Å². The van der Waals surface area contributed by atoms with Crippen molar-refractivity contribution in [2.45, 2.75) is 44.3 Å². The molecular weight excluding hydrogens is 542 g/mol. The summed E-state index contributed by atoms with van der Waals surface area (Å²) >= 11 is -1.35. The van der Waals surface area contributed by atoms with E-state index < -0.39 is 15.9 Å². The van der Waals surface area contributed by atoms with Crippen LogP contribution in [0.4, 0.5) is 17.6 Å². The van der Waals surface area contributed by atoms with Crippen LogP contribution < -0.4 is 15.0 Å². The molecule has 4 aromatic rings. The highest BCUT2D eigenvalue weighted by Gasteiger charge is 2.32. The average molecular weight is 578 g/mol. The second-order valence-corrected chi connectivity index (χ2v) is 13.2. The summed E-state index contributed by atoms with van der Waals surface area (Å²) in [6.07, 6.45) is 5.33. The second-order valence-electron chi connectivity index (χ2n) is 11.0. The van der Waals surface area contributed by atoms with Crippen molar-refractivity contribution in [2.75, 3.05) is 49.5 Å². The molecule has 1 fully saturated rings. The maximum Gasteiger partial charge on any atom is 0.225 e. The molecule has 3 aromatic heterocycles. The molecule has 0 bridgehead atoms. The lowest BCUT2D eigenvalue weighted by molar-refractivity contribution is 0.112. The zero-order chi connectivity index (χ0) is 29.1. The number of piperazine rings is 1. The number of nitrogens with zero attached hydrogens (tertiary/aromatic N) is 7. The van der Waals surface area contributed by atoms with Crippen molar-refractivity contribution in [2.24, 2.45) is 0 Å². The normalized spacial score (nSPS) is 15.2. The number of rotatable bonds is 9. The molecule has 1 aliphatic heterocycles. The fourth-order valence-electron chi connectivity index (χ4n) is 4.48. The summed E-state index contributed by atoms with van der Waals surface area (Å²) in [5.41, 5.74) is 3.12. The molecule has 0 saturated carbocycles. The zero-order valence-corrected chi connectivity index (χ0v) is 24.8. The second kappa shape index (κ2) is 12.0. The van der Waals surface area contributed by atoms with Crippen LogP contribution in [0.3, 0.4) is 0 Å². The number of H-pyrrole nitrogens is 1. The Bertz CT molecular complexity index is 1510. The molecule has 0 radical (unpaired) electrons. The molecule has 1 unspecified atom stereocenters. The Labute approximate surface area is 242 Å². The van der Waals surface area contributed by atoms with E-state index in [9.17, 15) is 9.35 Å². The zero-order valence-electron chi connectivity index (χ0n) is 24.0. The van der Waals surface area contributed by atoms with Crippen LogP contribution in [0, 0.1) is 13.8 Å².